The summed E-state index contributed by atoms with van der Waals surface area (Å²) >= 11 is 0. The molecule has 28 heavy (non-hydrogen) atoms. The zero-order valence-corrected chi connectivity index (χ0v) is 16.8. The number of hydrogen-bond donors (Lipinski definition) is 0. The zero-order chi connectivity index (χ0) is 19.9. The summed E-state index contributed by atoms with van der Waals surface area (Å²) in [6.45, 7) is 7.70. The van der Waals surface area contributed by atoms with Gasteiger partial charge in [-0.05, 0) is 29.2 Å². The Hall–Kier alpha value is -3.15. The van der Waals surface area contributed by atoms with E-state index in [1.54, 1.807) is 17.8 Å². The van der Waals surface area contributed by atoms with Crippen molar-refractivity contribution in [2.24, 2.45) is 12.5 Å². The Bertz CT molecular complexity index is 1180. The summed E-state index contributed by atoms with van der Waals surface area (Å²) in [6, 6.07) is 16.1. The van der Waals surface area contributed by atoms with E-state index < -0.39 is 0 Å². The van der Waals surface area contributed by atoms with Crippen molar-refractivity contribution in [1.82, 2.24) is 23.9 Å². The van der Waals surface area contributed by atoms with Crippen LogP contribution in [0.2, 0.25) is 0 Å². The molecule has 4 rings (SSSR count). The van der Waals surface area contributed by atoms with E-state index in [2.05, 4.69) is 38.0 Å². The van der Waals surface area contributed by atoms with E-state index in [0.717, 1.165) is 16.9 Å². The number of pyridine rings is 1. The van der Waals surface area contributed by atoms with E-state index in [9.17, 15) is 4.79 Å². The molecular weight excluding hydrogens is 350 g/mol. The van der Waals surface area contributed by atoms with Gasteiger partial charge in [-0.25, -0.2) is 9.78 Å². The van der Waals surface area contributed by atoms with Crippen LogP contribution in [0.25, 0.3) is 22.6 Å². The highest BCUT2D eigenvalue weighted by Gasteiger charge is 2.19. The third kappa shape index (κ3) is 3.38. The van der Waals surface area contributed by atoms with Crippen molar-refractivity contribution in [2.75, 3.05) is 0 Å². The number of nitrogens with zero attached hydrogens (tertiary/aromatic N) is 5. The summed E-state index contributed by atoms with van der Waals surface area (Å²) in [5.41, 5.74) is 4.45. The molecule has 144 valence electrons. The van der Waals surface area contributed by atoms with Crippen LogP contribution < -0.4 is 5.69 Å². The first-order chi connectivity index (χ1) is 13.3. The lowest BCUT2D eigenvalue weighted by atomic mass is 9.97. The number of fused-ring (bicyclic) bond motifs is 1. The van der Waals surface area contributed by atoms with E-state index in [1.807, 2.05) is 45.6 Å². The summed E-state index contributed by atoms with van der Waals surface area (Å²) in [6.07, 6.45) is 1.79. The van der Waals surface area contributed by atoms with Crippen LogP contribution in [0.15, 0.2) is 59.5 Å². The van der Waals surface area contributed by atoms with Crippen LogP contribution >= 0.6 is 0 Å². The van der Waals surface area contributed by atoms with Gasteiger partial charge in [0.15, 0.2) is 5.65 Å². The summed E-state index contributed by atoms with van der Waals surface area (Å²) in [7, 11) is 1.78. The topological polar surface area (TPSA) is 57.6 Å². The van der Waals surface area contributed by atoms with Crippen molar-refractivity contribution < 1.29 is 0 Å². The molecule has 0 spiro atoms. The molecule has 0 N–H and O–H groups in total. The predicted octanol–water partition coefficient (Wildman–Crippen LogP) is 3.69. The third-order valence-corrected chi connectivity index (χ3v) is 4.77. The van der Waals surface area contributed by atoms with Crippen molar-refractivity contribution in [3.05, 3.63) is 70.8 Å². The van der Waals surface area contributed by atoms with Crippen molar-refractivity contribution in [2.45, 2.75) is 33.9 Å². The summed E-state index contributed by atoms with van der Waals surface area (Å²) < 4.78 is 5.38. The maximum atomic E-state index is 12.7. The van der Waals surface area contributed by atoms with E-state index >= 15 is 0 Å². The van der Waals surface area contributed by atoms with Crippen molar-refractivity contribution in [3.63, 3.8) is 0 Å². The fourth-order valence-electron chi connectivity index (χ4n) is 3.48. The molecule has 3 aromatic heterocycles. The molecule has 4 aromatic rings. The molecule has 1 aromatic carbocycles. The Kier molecular flexibility index (Phi) is 4.41. The molecular formula is C22H25N5O. The number of hydrogen-bond acceptors (Lipinski definition) is 3. The zero-order valence-electron chi connectivity index (χ0n) is 16.8. The molecule has 0 radical (unpaired) electrons. The van der Waals surface area contributed by atoms with Crippen LogP contribution in [0.3, 0.4) is 0 Å². The van der Waals surface area contributed by atoms with Gasteiger partial charge in [-0.2, -0.15) is 5.10 Å². The normalized spacial score (nSPS) is 12.0. The minimum Gasteiger partial charge on any atom is -0.290 e. The number of rotatable bonds is 4. The SMILES string of the molecule is Cn1c(=O)n(CC(C)(C)C)c2ccc(-c3ccnn3Cc3ccccc3)nc21. The van der Waals surface area contributed by atoms with Crippen LogP contribution in [-0.2, 0) is 20.1 Å². The van der Waals surface area contributed by atoms with Gasteiger partial charge in [0.05, 0.1) is 23.4 Å². The largest absolute Gasteiger partial charge is 0.330 e. The number of imidazole rings is 1. The van der Waals surface area contributed by atoms with E-state index in [1.165, 1.54) is 5.56 Å². The van der Waals surface area contributed by atoms with Gasteiger partial charge in [-0.15, -0.1) is 0 Å². The smallest absolute Gasteiger partial charge is 0.290 e. The van der Waals surface area contributed by atoms with Crippen LogP contribution in [0.4, 0.5) is 0 Å². The second kappa shape index (κ2) is 6.78. The first kappa shape index (κ1) is 18.2. The van der Waals surface area contributed by atoms with Crippen LogP contribution in [0, 0.1) is 5.41 Å². The molecule has 6 heteroatoms. The molecule has 0 atom stereocenters. The average Bonchev–Trinajstić information content (AvgIpc) is 3.20. The average molecular weight is 375 g/mol. The van der Waals surface area contributed by atoms with Crippen LogP contribution in [-0.4, -0.2) is 23.9 Å². The monoisotopic (exact) mass is 375 g/mol. The molecule has 3 heterocycles. The first-order valence-electron chi connectivity index (χ1n) is 9.46. The highest BCUT2D eigenvalue weighted by Crippen LogP contribution is 2.23. The molecule has 0 aliphatic rings. The van der Waals surface area contributed by atoms with Crippen molar-refractivity contribution in [3.8, 4) is 11.4 Å². The van der Waals surface area contributed by atoms with Gasteiger partial charge in [0, 0.05) is 19.8 Å². The van der Waals surface area contributed by atoms with Gasteiger partial charge >= 0.3 is 5.69 Å². The van der Waals surface area contributed by atoms with Gasteiger partial charge in [-0.3, -0.25) is 13.8 Å². The van der Waals surface area contributed by atoms with Gasteiger partial charge in [0.25, 0.3) is 0 Å². The summed E-state index contributed by atoms with van der Waals surface area (Å²) in [4.78, 5) is 17.6. The van der Waals surface area contributed by atoms with Gasteiger partial charge in [-0.1, -0.05) is 51.1 Å². The van der Waals surface area contributed by atoms with E-state index in [4.69, 9.17) is 4.98 Å². The van der Waals surface area contributed by atoms with Crippen LogP contribution in [0.5, 0.6) is 0 Å². The Balaban J connectivity index is 1.77. The highest BCUT2D eigenvalue weighted by atomic mass is 16.1. The maximum Gasteiger partial charge on any atom is 0.330 e. The molecule has 0 amide bonds. The Labute approximate surface area is 164 Å². The van der Waals surface area contributed by atoms with Crippen LogP contribution in [0.1, 0.15) is 26.3 Å². The number of benzene rings is 1. The lowest BCUT2D eigenvalue weighted by Gasteiger charge is -2.18. The van der Waals surface area contributed by atoms with E-state index in [0.29, 0.717) is 18.7 Å². The third-order valence-electron chi connectivity index (χ3n) is 4.77. The summed E-state index contributed by atoms with van der Waals surface area (Å²) in [5.74, 6) is 0. The van der Waals surface area contributed by atoms with Gasteiger partial charge < -0.3 is 0 Å². The van der Waals surface area contributed by atoms with Crippen molar-refractivity contribution in [1.29, 1.82) is 0 Å². The molecule has 0 fully saturated rings. The predicted molar refractivity (Wildman–Crippen MR) is 111 cm³/mol. The lowest BCUT2D eigenvalue weighted by molar-refractivity contribution is 0.342. The minimum atomic E-state index is -0.0348. The quantitative estimate of drug-likeness (QED) is 0.547. The highest BCUT2D eigenvalue weighted by molar-refractivity contribution is 5.75. The lowest BCUT2D eigenvalue weighted by Crippen LogP contribution is -2.27. The maximum absolute atomic E-state index is 12.7. The fourth-order valence-corrected chi connectivity index (χ4v) is 3.48. The molecule has 6 nitrogen and oxygen atoms in total. The second-order valence-electron chi connectivity index (χ2n) is 8.39. The summed E-state index contributed by atoms with van der Waals surface area (Å²) in [5, 5.41) is 4.46. The molecule has 0 saturated carbocycles. The molecule has 0 unspecified atom stereocenters. The Morgan fingerprint density at radius 2 is 1.75 bits per heavy atom. The molecule has 0 saturated heterocycles. The first-order valence-corrected chi connectivity index (χ1v) is 9.46. The number of aromatic nitrogens is 5. The Morgan fingerprint density at radius 1 is 1.00 bits per heavy atom. The van der Waals surface area contributed by atoms with Gasteiger partial charge in [0.1, 0.15) is 0 Å². The fraction of sp³-hybridized carbons (Fsp3) is 0.318. The molecule has 0 bridgehead atoms. The second-order valence-corrected chi connectivity index (χ2v) is 8.39. The molecule has 0 aliphatic carbocycles. The van der Waals surface area contributed by atoms with Crippen molar-refractivity contribution >= 4 is 11.2 Å². The number of aryl methyl sites for hydroxylation is 1. The van der Waals surface area contributed by atoms with E-state index in [-0.39, 0.29) is 11.1 Å². The standard InChI is InChI=1S/C22H25N5O/c1-22(2,3)15-26-19-11-10-17(24-20(19)25(4)21(26)28)18-12-13-23-27(18)14-16-8-6-5-7-9-16/h5-13H,14-15H2,1-4H3. The molecule has 0 aliphatic heterocycles. The minimum absolute atomic E-state index is 0.00504. The Morgan fingerprint density at radius 3 is 2.46 bits per heavy atom. The van der Waals surface area contributed by atoms with Gasteiger partial charge in [0.2, 0.25) is 0 Å².